The molecule has 2 N–H and O–H groups in total. The van der Waals surface area contributed by atoms with Gasteiger partial charge in [-0.05, 0) is 13.8 Å². The molecule has 0 aromatic carbocycles. The molecule has 78 valence electrons. The number of hydrogen-bond donors (Lipinski definition) is 1. The third kappa shape index (κ3) is 1.80. The Morgan fingerprint density at radius 3 is 3.00 bits per heavy atom. The maximum atomic E-state index is 5.53. The molecule has 0 bridgehead atoms. The average Bonchev–Trinajstić information content (AvgIpc) is 2.56. The van der Waals surface area contributed by atoms with E-state index in [-0.39, 0.29) is 6.10 Å². The predicted octanol–water partition coefficient (Wildman–Crippen LogP) is 0.734. The van der Waals surface area contributed by atoms with E-state index in [9.17, 15) is 0 Å². The van der Waals surface area contributed by atoms with Crippen LogP contribution < -0.4 is 10.6 Å². The van der Waals surface area contributed by atoms with Gasteiger partial charge in [-0.1, -0.05) is 0 Å². The SMILES string of the molecule is CC1CN(c2nc(N)ns2)C(C)CO1. The van der Waals surface area contributed by atoms with E-state index in [1.807, 2.05) is 0 Å². The van der Waals surface area contributed by atoms with Crippen molar-refractivity contribution in [3.63, 3.8) is 0 Å². The molecule has 2 atom stereocenters. The Bertz CT molecular complexity index is 316. The van der Waals surface area contributed by atoms with E-state index in [4.69, 9.17) is 10.5 Å². The van der Waals surface area contributed by atoms with E-state index in [0.717, 1.165) is 18.3 Å². The molecule has 1 aliphatic heterocycles. The van der Waals surface area contributed by atoms with Gasteiger partial charge in [0.15, 0.2) is 0 Å². The average molecular weight is 214 g/mol. The minimum atomic E-state index is 0.247. The zero-order valence-electron chi connectivity index (χ0n) is 8.30. The lowest BCUT2D eigenvalue weighted by atomic mass is 10.2. The number of hydrogen-bond acceptors (Lipinski definition) is 6. The van der Waals surface area contributed by atoms with Gasteiger partial charge in [-0.3, -0.25) is 0 Å². The van der Waals surface area contributed by atoms with Crippen LogP contribution in [0, 0.1) is 0 Å². The molecular weight excluding hydrogens is 200 g/mol. The Labute approximate surface area is 87.0 Å². The largest absolute Gasteiger partial charge is 0.375 e. The number of ether oxygens (including phenoxy) is 1. The van der Waals surface area contributed by atoms with Gasteiger partial charge >= 0.3 is 0 Å². The van der Waals surface area contributed by atoms with Crippen molar-refractivity contribution in [1.82, 2.24) is 9.36 Å². The summed E-state index contributed by atoms with van der Waals surface area (Å²) in [6.45, 7) is 5.77. The molecule has 0 radical (unpaired) electrons. The molecule has 1 aromatic rings. The lowest BCUT2D eigenvalue weighted by Gasteiger charge is -2.36. The Morgan fingerprint density at radius 2 is 2.36 bits per heavy atom. The number of aromatic nitrogens is 2. The molecule has 2 heterocycles. The third-order valence-electron chi connectivity index (χ3n) is 2.28. The third-order valence-corrected chi connectivity index (χ3v) is 3.05. The van der Waals surface area contributed by atoms with Crippen molar-refractivity contribution >= 4 is 22.6 Å². The molecule has 1 saturated heterocycles. The topological polar surface area (TPSA) is 64.3 Å². The minimum absolute atomic E-state index is 0.247. The summed E-state index contributed by atoms with van der Waals surface area (Å²) in [5.74, 6) is 0.358. The van der Waals surface area contributed by atoms with Crippen molar-refractivity contribution in [2.45, 2.75) is 26.0 Å². The monoisotopic (exact) mass is 214 g/mol. The van der Waals surface area contributed by atoms with Crippen LogP contribution in [0.15, 0.2) is 0 Å². The molecule has 0 amide bonds. The summed E-state index contributed by atoms with van der Waals surface area (Å²) in [4.78, 5) is 6.37. The zero-order valence-corrected chi connectivity index (χ0v) is 9.12. The van der Waals surface area contributed by atoms with Crippen LogP contribution in [0.5, 0.6) is 0 Å². The van der Waals surface area contributed by atoms with Gasteiger partial charge in [0, 0.05) is 18.1 Å². The van der Waals surface area contributed by atoms with Crippen LogP contribution in [-0.4, -0.2) is 34.7 Å². The summed E-state index contributed by atoms with van der Waals surface area (Å²) >= 11 is 1.35. The molecule has 5 nitrogen and oxygen atoms in total. The van der Waals surface area contributed by atoms with Crippen molar-refractivity contribution < 1.29 is 4.74 Å². The number of nitrogens with zero attached hydrogens (tertiary/aromatic N) is 3. The second kappa shape index (κ2) is 3.70. The van der Waals surface area contributed by atoms with Gasteiger partial charge in [-0.2, -0.15) is 9.36 Å². The first-order valence-corrected chi connectivity index (χ1v) is 5.41. The van der Waals surface area contributed by atoms with Crippen molar-refractivity contribution in [2.24, 2.45) is 0 Å². The van der Waals surface area contributed by atoms with Gasteiger partial charge in [0.1, 0.15) is 0 Å². The lowest BCUT2D eigenvalue weighted by molar-refractivity contribution is 0.0344. The molecule has 2 unspecified atom stereocenters. The van der Waals surface area contributed by atoms with Gasteiger partial charge in [-0.25, -0.2) is 0 Å². The highest BCUT2D eigenvalue weighted by Crippen LogP contribution is 2.23. The fourth-order valence-electron chi connectivity index (χ4n) is 1.51. The number of nitrogens with two attached hydrogens (primary N) is 1. The second-order valence-electron chi connectivity index (χ2n) is 3.58. The Kier molecular flexibility index (Phi) is 2.56. The smallest absolute Gasteiger partial charge is 0.233 e. The van der Waals surface area contributed by atoms with Gasteiger partial charge in [0.25, 0.3) is 0 Å². The van der Waals surface area contributed by atoms with Gasteiger partial charge in [0.2, 0.25) is 11.1 Å². The molecule has 0 saturated carbocycles. The maximum absolute atomic E-state index is 5.53. The molecule has 0 spiro atoms. The summed E-state index contributed by atoms with van der Waals surface area (Å²) in [6, 6.07) is 0.346. The van der Waals surface area contributed by atoms with Crippen molar-refractivity contribution in [3.8, 4) is 0 Å². The molecule has 6 heteroatoms. The molecule has 14 heavy (non-hydrogen) atoms. The fourth-order valence-corrected chi connectivity index (χ4v) is 2.22. The van der Waals surface area contributed by atoms with Crippen LogP contribution in [0.3, 0.4) is 0 Å². The van der Waals surface area contributed by atoms with Crippen LogP contribution in [0.25, 0.3) is 0 Å². The summed E-state index contributed by atoms with van der Waals surface area (Å²) < 4.78 is 9.51. The Morgan fingerprint density at radius 1 is 1.57 bits per heavy atom. The zero-order chi connectivity index (χ0) is 10.1. The normalized spacial score (nSPS) is 28.0. The van der Waals surface area contributed by atoms with E-state index < -0.39 is 0 Å². The Hall–Kier alpha value is -0.880. The van der Waals surface area contributed by atoms with Crippen molar-refractivity contribution in [3.05, 3.63) is 0 Å². The van der Waals surface area contributed by atoms with Gasteiger partial charge in [0.05, 0.1) is 18.8 Å². The summed E-state index contributed by atoms with van der Waals surface area (Å²) in [7, 11) is 0. The van der Waals surface area contributed by atoms with Crippen molar-refractivity contribution in [1.29, 1.82) is 0 Å². The van der Waals surface area contributed by atoms with Crippen LogP contribution >= 0.6 is 11.5 Å². The summed E-state index contributed by atoms with van der Waals surface area (Å²) in [5, 5.41) is 0.894. The quantitative estimate of drug-likeness (QED) is 0.746. The molecular formula is C8H14N4OS. The van der Waals surface area contributed by atoms with Crippen LogP contribution in [0.1, 0.15) is 13.8 Å². The molecule has 1 aromatic heterocycles. The van der Waals surface area contributed by atoms with Crippen LogP contribution in [-0.2, 0) is 4.74 Å². The van der Waals surface area contributed by atoms with Gasteiger partial charge in [-0.15, -0.1) is 0 Å². The number of rotatable bonds is 1. The highest BCUT2D eigenvalue weighted by atomic mass is 32.1. The van der Waals surface area contributed by atoms with E-state index >= 15 is 0 Å². The maximum Gasteiger partial charge on any atom is 0.233 e. The van der Waals surface area contributed by atoms with E-state index in [0.29, 0.717) is 12.0 Å². The first kappa shape index (κ1) is 9.67. The standard InChI is InChI=1S/C8H14N4OS/c1-5-4-13-6(2)3-12(5)8-10-7(9)11-14-8/h5-6H,3-4H2,1-2H3,(H2,9,11). The fraction of sp³-hybridized carbons (Fsp3) is 0.750. The van der Waals surface area contributed by atoms with Crippen LogP contribution in [0.2, 0.25) is 0 Å². The summed E-state index contributed by atoms with van der Waals surface area (Å²) in [5.41, 5.74) is 5.50. The number of anilines is 2. The van der Waals surface area contributed by atoms with Crippen molar-refractivity contribution in [2.75, 3.05) is 23.8 Å². The highest BCUT2D eigenvalue weighted by molar-refractivity contribution is 7.09. The van der Waals surface area contributed by atoms with E-state index in [1.54, 1.807) is 0 Å². The lowest BCUT2D eigenvalue weighted by Crippen LogP contribution is -2.47. The van der Waals surface area contributed by atoms with Crippen LogP contribution in [0.4, 0.5) is 11.1 Å². The highest BCUT2D eigenvalue weighted by Gasteiger charge is 2.25. The summed E-state index contributed by atoms with van der Waals surface area (Å²) in [6.07, 6.45) is 0.247. The molecule has 2 rings (SSSR count). The Balaban J connectivity index is 2.15. The minimum Gasteiger partial charge on any atom is -0.375 e. The van der Waals surface area contributed by atoms with Gasteiger partial charge < -0.3 is 15.4 Å². The van der Waals surface area contributed by atoms with E-state index in [1.165, 1.54) is 11.5 Å². The molecule has 1 fully saturated rings. The molecule has 0 aliphatic carbocycles. The van der Waals surface area contributed by atoms with E-state index in [2.05, 4.69) is 28.1 Å². The second-order valence-corrected chi connectivity index (χ2v) is 4.31. The predicted molar refractivity (Wildman–Crippen MR) is 56.5 cm³/mol. The molecule has 1 aliphatic rings. The number of nitrogen functional groups attached to an aromatic ring is 1. The first-order chi connectivity index (χ1) is 6.66. The first-order valence-electron chi connectivity index (χ1n) is 4.64. The number of morpholine rings is 1.